The van der Waals surface area contributed by atoms with Crippen LogP contribution in [0.2, 0.25) is 0 Å². The minimum absolute atomic E-state index is 0.0392. The molecule has 0 saturated heterocycles. The quantitative estimate of drug-likeness (QED) is 0.431. The van der Waals surface area contributed by atoms with Crippen molar-refractivity contribution in [2.75, 3.05) is 10.0 Å². The molecule has 8 nitrogen and oxygen atoms in total. The van der Waals surface area contributed by atoms with Crippen LogP contribution in [0.5, 0.6) is 0 Å². The van der Waals surface area contributed by atoms with Crippen LogP contribution in [0.25, 0.3) is 0 Å². The number of nitro groups is 1. The lowest BCUT2D eigenvalue weighted by Crippen LogP contribution is -2.15. The molecule has 0 bridgehead atoms. The number of carbonyl (C=O) groups excluding carboxylic acids is 1. The van der Waals surface area contributed by atoms with Crippen LogP contribution in [0, 0.1) is 30.9 Å². The van der Waals surface area contributed by atoms with Gasteiger partial charge in [-0.3, -0.25) is 19.6 Å². The summed E-state index contributed by atoms with van der Waals surface area (Å²) in [6.07, 6.45) is 0. The van der Waals surface area contributed by atoms with E-state index in [9.17, 15) is 23.3 Å². The molecule has 0 heterocycles. The summed E-state index contributed by atoms with van der Waals surface area (Å²) < 4.78 is 28.0. The summed E-state index contributed by atoms with van der Waals surface area (Å²) in [5.41, 5.74) is 3.02. The molecule has 0 aliphatic heterocycles. The van der Waals surface area contributed by atoms with E-state index in [1.54, 1.807) is 13.0 Å². The fourth-order valence-electron chi connectivity index (χ4n) is 2.92. The van der Waals surface area contributed by atoms with Crippen LogP contribution in [0.15, 0.2) is 65.6 Å². The number of sulfonamides is 1. The highest BCUT2D eigenvalue weighted by atomic mass is 32.2. The second-order valence-corrected chi connectivity index (χ2v) is 8.84. The van der Waals surface area contributed by atoms with E-state index < -0.39 is 20.9 Å². The van der Waals surface area contributed by atoms with Gasteiger partial charge in [0.05, 0.1) is 15.5 Å². The van der Waals surface area contributed by atoms with Crippen molar-refractivity contribution < 1.29 is 18.1 Å². The lowest BCUT2D eigenvalue weighted by Gasteiger charge is -2.12. The number of nitrogens with one attached hydrogen (secondary N) is 2. The average molecular weight is 439 g/mol. The van der Waals surface area contributed by atoms with Gasteiger partial charge in [0.1, 0.15) is 0 Å². The lowest BCUT2D eigenvalue weighted by atomic mass is 10.1. The number of benzene rings is 3. The fourth-order valence-corrected chi connectivity index (χ4v) is 4.04. The first-order valence-electron chi connectivity index (χ1n) is 9.33. The molecule has 0 aliphatic rings. The number of nitrogens with zero attached hydrogens (tertiary/aromatic N) is 1. The van der Waals surface area contributed by atoms with Gasteiger partial charge >= 0.3 is 0 Å². The molecule has 0 unspecified atom stereocenters. The highest BCUT2D eigenvalue weighted by molar-refractivity contribution is 7.92. The summed E-state index contributed by atoms with van der Waals surface area (Å²) in [6, 6.07) is 15.3. The highest BCUT2D eigenvalue weighted by Crippen LogP contribution is 2.23. The van der Waals surface area contributed by atoms with Crippen molar-refractivity contribution in [3.8, 4) is 0 Å². The number of amides is 1. The van der Waals surface area contributed by atoms with Crippen molar-refractivity contribution in [1.82, 2.24) is 0 Å². The molecule has 0 saturated carbocycles. The SMILES string of the molecule is Cc1ccc(C)c(NS(=O)(=O)c2ccc(NC(=O)c3ccc(C)c([N+](=O)[O-])c3)cc2)c1. The number of anilines is 2. The molecule has 160 valence electrons. The number of aryl methyl sites for hydroxylation is 3. The van der Waals surface area contributed by atoms with E-state index >= 15 is 0 Å². The van der Waals surface area contributed by atoms with Crippen molar-refractivity contribution in [2.45, 2.75) is 25.7 Å². The predicted molar refractivity (Wildman–Crippen MR) is 119 cm³/mol. The molecule has 3 rings (SSSR count). The summed E-state index contributed by atoms with van der Waals surface area (Å²) in [7, 11) is -3.81. The zero-order chi connectivity index (χ0) is 22.8. The number of hydrogen-bond donors (Lipinski definition) is 2. The summed E-state index contributed by atoms with van der Waals surface area (Å²) in [5, 5.41) is 13.7. The van der Waals surface area contributed by atoms with Gasteiger partial charge in [-0.05, 0) is 68.3 Å². The van der Waals surface area contributed by atoms with Gasteiger partial charge in [-0.15, -0.1) is 0 Å². The number of nitro benzene ring substituents is 1. The molecule has 2 N–H and O–H groups in total. The number of carbonyl (C=O) groups is 1. The van der Waals surface area contributed by atoms with Crippen molar-refractivity contribution in [3.63, 3.8) is 0 Å². The van der Waals surface area contributed by atoms with E-state index in [2.05, 4.69) is 10.0 Å². The zero-order valence-electron chi connectivity index (χ0n) is 17.2. The Morgan fingerprint density at radius 3 is 2.19 bits per heavy atom. The summed E-state index contributed by atoms with van der Waals surface area (Å²) in [6.45, 7) is 5.27. The van der Waals surface area contributed by atoms with Gasteiger partial charge in [0, 0.05) is 22.9 Å². The Kier molecular flexibility index (Phi) is 6.07. The Morgan fingerprint density at radius 1 is 0.903 bits per heavy atom. The van der Waals surface area contributed by atoms with Gasteiger partial charge < -0.3 is 5.32 Å². The summed E-state index contributed by atoms with van der Waals surface area (Å²) >= 11 is 0. The molecular formula is C22H21N3O5S. The lowest BCUT2D eigenvalue weighted by molar-refractivity contribution is -0.385. The third-order valence-electron chi connectivity index (χ3n) is 4.73. The molecule has 31 heavy (non-hydrogen) atoms. The smallest absolute Gasteiger partial charge is 0.273 e. The largest absolute Gasteiger partial charge is 0.322 e. The Bertz CT molecular complexity index is 1270. The van der Waals surface area contributed by atoms with Crippen LogP contribution < -0.4 is 10.0 Å². The van der Waals surface area contributed by atoms with Crippen molar-refractivity contribution in [3.05, 3.63) is 93.0 Å². The molecule has 0 spiro atoms. The topological polar surface area (TPSA) is 118 Å². The second-order valence-electron chi connectivity index (χ2n) is 7.16. The molecule has 0 aromatic heterocycles. The third kappa shape index (κ3) is 5.07. The zero-order valence-corrected chi connectivity index (χ0v) is 18.0. The molecule has 0 fully saturated rings. The maximum atomic E-state index is 12.7. The van der Waals surface area contributed by atoms with E-state index in [4.69, 9.17) is 0 Å². The van der Waals surface area contributed by atoms with E-state index in [0.29, 0.717) is 16.9 Å². The van der Waals surface area contributed by atoms with Gasteiger partial charge in [-0.25, -0.2) is 8.42 Å². The Hall–Kier alpha value is -3.72. The monoisotopic (exact) mass is 439 g/mol. The molecule has 9 heteroatoms. The van der Waals surface area contributed by atoms with E-state index in [0.717, 1.165) is 11.1 Å². The van der Waals surface area contributed by atoms with Crippen LogP contribution in [0.3, 0.4) is 0 Å². The summed E-state index contributed by atoms with van der Waals surface area (Å²) in [4.78, 5) is 23.0. The second kappa shape index (κ2) is 8.57. The van der Waals surface area contributed by atoms with Crippen LogP contribution in [0.1, 0.15) is 27.0 Å². The van der Waals surface area contributed by atoms with E-state index in [1.807, 2.05) is 26.0 Å². The van der Waals surface area contributed by atoms with Crippen molar-refractivity contribution in [1.29, 1.82) is 0 Å². The van der Waals surface area contributed by atoms with Crippen LogP contribution in [0.4, 0.5) is 17.1 Å². The van der Waals surface area contributed by atoms with Gasteiger partial charge in [0.25, 0.3) is 21.6 Å². The third-order valence-corrected chi connectivity index (χ3v) is 6.11. The van der Waals surface area contributed by atoms with Gasteiger partial charge in [-0.2, -0.15) is 0 Å². The minimum Gasteiger partial charge on any atom is -0.322 e. The van der Waals surface area contributed by atoms with Gasteiger partial charge in [-0.1, -0.05) is 18.2 Å². The predicted octanol–water partition coefficient (Wildman–Crippen LogP) is 4.57. The first-order valence-corrected chi connectivity index (χ1v) is 10.8. The molecule has 0 aliphatic carbocycles. The molecular weight excluding hydrogens is 418 g/mol. The standard InChI is InChI=1S/C22H21N3O5S/c1-14-4-5-15(2)20(12-14)24-31(29,30)19-10-8-18(9-11-19)23-22(26)17-7-6-16(3)21(13-17)25(27)28/h4-13,24H,1-3H3,(H,23,26). The molecule has 0 atom stereocenters. The molecule has 3 aromatic carbocycles. The Morgan fingerprint density at radius 2 is 1.55 bits per heavy atom. The first kappa shape index (κ1) is 22.0. The molecule has 1 amide bonds. The van der Waals surface area contributed by atoms with Gasteiger partial charge in [0.2, 0.25) is 0 Å². The number of hydrogen-bond acceptors (Lipinski definition) is 5. The molecule has 0 radical (unpaired) electrons. The fraction of sp³-hybridized carbons (Fsp3) is 0.136. The van der Waals surface area contributed by atoms with Crippen LogP contribution in [-0.4, -0.2) is 19.2 Å². The van der Waals surface area contributed by atoms with E-state index in [-0.39, 0.29) is 16.1 Å². The first-order chi connectivity index (χ1) is 14.6. The van der Waals surface area contributed by atoms with Crippen LogP contribution >= 0.6 is 0 Å². The van der Waals surface area contributed by atoms with Crippen LogP contribution in [-0.2, 0) is 10.0 Å². The normalized spacial score (nSPS) is 11.1. The van der Waals surface area contributed by atoms with E-state index in [1.165, 1.54) is 42.5 Å². The number of rotatable bonds is 6. The van der Waals surface area contributed by atoms with Gasteiger partial charge in [0.15, 0.2) is 0 Å². The maximum absolute atomic E-state index is 12.7. The summed E-state index contributed by atoms with van der Waals surface area (Å²) in [5.74, 6) is -0.535. The highest BCUT2D eigenvalue weighted by Gasteiger charge is 2.17. The maximum Gasteiger partial charge on any atom is 0.273 e. The Balaban J connectivity index is 1.77. The average Bonchev–Trinajstić information content (AvgIpc) is 2.71. The minimum atomic E-state index is -3.81. The van der Waals surface area contributed by atoms with Crippen molar-refractivity contribution in [2.24, 2.45) is 0 Å². The molecule has 3 aromatic rings. The Labute approximate surface area is 180 Å². The van der Waals surface area contributed by atoms with Crippen molar-refractivity contribution >= 4 is 33.0 Å².